The summed E-state index contributed by atoms with van der Waals surface area (Å²) in [6, 6.07) is 14.0. The van der Waals surface area contributed by atoms with Crippen LogP contribution in [0, 0.1) is 0 Å². The van der Waals surface area contributed by atoms with Crippen LogP contribution in [0.25, 0.3) is 11.5 Å². The lowest BCUT2D eigenvalue weighted by Crippen LogP contribution is -2.33. The predicted molar refractivity (Wildman–Crippen MR) is 107 cm³/mol. The van der Waals surface area contributed by atoms with E-state index in [1.165, 1.54) is 13.0 Å². The third kappa shape index (κ3) is 3.79. The molecule has 8 nitrogen and oxygen atoms in total. The molecule has 0 bridgehead atoms. The van der Waals surface area contributed by atoms with Crippen LogP contribution in [0.4, 0.5) is 5.69 Å². The molecule has 1 aliphatic rings. The molecule has 29 heavy (non-hydrogen) atoms. The molecule has 150 valence electrons. The number of benzene rings is 2. The normalized spacial score (nSPS) is 16.1. The highest BCUT2D eigenvalue weighted by Gasteiger charge is 2.30. The standard InChI is InChI=1S/C20H20N4O4S/c1-13-10-16-11-17(8-9-18(16)24(13)14(2)25)29(26,27)21-12-19-22-20(28-23-19)15-6-4-3-5-7-15/h3-9,11,13,21H,10,12H2,1-2H3. The summed E-state index contributed by atoms with van der Waals surface area (Å²) in [6.45, 7) is 3.35. The first-order valence-corrected chi connectivity index (χ1v) is 10.6. The van der Waals surface area contributed by atoms with Crippen molar-refractivity contribution in [3.8, 4) is 11.5 Å². The van der Waals surface area contributed by atoms with Gasteiger partial charge in [0.05, 0.1) is 11.4 Å². The Balaban J connectivity index is 1.50. The van der Waals surface area contributed by atoms with E-state index in [-0.39, 0.29) is 29.2 Å². The summed E-state index contributed by atoms with van der Waals surface area (Å²) in [5, 5.41) is 3.83. The molecule has 9 heteroatoms. The lowest BCUT2D eigenvalue weighted by Gasteiger charge is -2.20. The van der Waals surface area contributed by atoms with Gasteiger partial charge in [-0.25, -0.2) is 13.1 Å². The molecule has 0 fully saturated rings. The Bertz CT molecular complexity index is 1160. The Morgan fingerprint density at radius 1 is 1.24 bits per heavy atom. The van der Waals surface area contributed by atoms with E-state index in [4.69, 9.17) is 4.52 Å². The van der Waals surface area contributed by atoms with Crippen molar-refractivity contribution in [1.29, 1.82) is 0 Å². The van der Waals surface area contributed by atoms with Crippen molar-refractivity contribution in [3.63, 3.8) is 0 Å². The van der Waals surface area contributed by atoms with E-state index in [0.717, 1.165) is 16.8 Å². The second-order valence-corrected chi connectivity index (χ2v) is 8.71. The van der Waals surface area contributed by atoms with E-state index in [1.54, 1.807) is 17.0 Å². The summed E-state index contributed by atoms with van der Waals surface area (Å²) in [4.78, 5) is 17.9. The predicted octanol–water partition coefficient (Wildman–Crippen LogP) is 2.51. The number of nitrogens with zero attached hydrogens (tertiary/aromatic N) is 3. The maximum absolute atomic E-state index is 12.7. The maximum atomic E-state index is 12.7. The average Bonchev–Trinajstić information content (AvgIpc) is 3.30. The minimum Gasteiger partial charge on any atom is -0.334 e. The molecule has 3 aromatic rings. The Hall–Kier alpha value is -3.04. The molecule has 1 aliphatic heterocycles. The molecule has 1 N–H and O–H groups in total. The zero-order valence-electron chi connectivity index (χ0n) is 16.0. The molecule has 0 radical (unpaired) electrons. The van der Waals surface area contributed by atoms with Crippen molar-refractivity contribution in [2.24, 2.45) is 0 Å². The first-order valence-electron chi connectivity index (χ1n) is 9.15. The van der Waals surface area contributed by atoms with E-state index < -0.39 is 10.0 Å². The molecule has 2 heterocycles. The number of nitrogens with one attached hydrogen (secondary N) is 1. The van der Waals surface area contributed by atoms with Gasteiger partial charge in [0.25, 0.3) is 5.89 Å². The number of hydrogen-bond donors (Lipinski definition) is 1. The van der Waals surface area contributed by atoms with Crippen molar-refractivity contribution in [2.45, 2.75) is 37.8 Å². The molecular weight excluding hydrogens is 392 g/mol. The van der Waals surface area contributed by atoms with Crippen LogP contribution in [0.3, 0.4) is 0 Å². The van der Waals surface area contributed by atoms with Gasteiger partial charge in [-0.1, -0.05) is 23.4 Å². The smallest absolute Gasteiger partial charge is 0.257 e. The monoisotopic (exact) mass is 412 g/mol. The third-order valence-corrected chi connectivity index (χ3v) is 6.22. The summed E-state index contributed by atoms with van der Waals surface area (Å²) in [5.41, 5.74) is 2.35. The fourth-order valence-corrected chi connectivity index (χ4v) is 4.55. The summed E-state index contributed by atoms with van der Waals surface area (Å²) in [5.74, 6) is 0.511. The van der Waals surface area contributed by atoms with Gasteiger partial charge < -0.3 is 9.42 Å². The van der Waals surface area contributed by atoms with E-state index in [9.17, 15) is 13.2 Å². The number of fused-ring (bicyclic) bond motifs is 1. The lowest BCUT2D eigenvalue weighted by atomic mass is 10.1. The second kappa shape index (κ2) is 7.41. The highest BCUT2D eigenvalue weighted by atomic mass is 32.2. The average molecular weight is 412 g/mol. The molecule has 1 amide bonds. The third-order valence-electron chi connectivity index (χ3n) is 4.83. The number of anilines is 1. The molecule has 2 aromatic carbocycles. The van der Waals surface area contributed by atoms with Gasteiger partial charge in [0.15, 0.2) is 5.82 Å². The van der Waals surface area contributed by atoms with Crippen LogP contribution < -0.4 is 9.62 Å². The quantitative estimate of drug-likeness (QED) is 0.690. The largest absolute Gasteiger partial charge is 0.334 e. The van der Waals surface area contributed by atoms with Crippen LogP contribution in [0.5, 0.6) is 0 Å². The number of carbonyl (C=O) groups is 1. The molecule has 0 saturated heterocycles. The lowest BCUT2D eigenvalue weighted by molar-refractivity contribution is -0.116. The van der Waals surface area contributed by atoms with Gasteiger partial charge in [-0.3, -0.25) is 4.79 Å². The van der Waals surface area contributed by atoms with Crippen LogP contribution in [0.15, 0.2) is 57.9 Å². The van der Waals surface area contributed by atoms with Crippen LogP contribution in [0.1, 0.15) is 25.2 Å². The van der Waals surface area contributed by atoms with Crippen molar-refractivity contribution < 1.29 is 17.7 Å². The molecular formula is C20H20N4O4S. The van der Waals surface area contributed by atoms with E-state index >= 15 is 0 Å². The van der Waals surface area contributed by atoms with Crippen molar-refractivity contribution in [1.82, 2.24) is 14.9 Å². The highest BCUT2D eigenvalue weighted by molar-refractivity contribution is 7.89. The van der Waals surface area contributed by atoms with Crippen LogP contribution in [-0.2, 0) is 27.8 Å². The van der Waals surface area contributed by atoms with Crippen LogP contribution >= 0.6 is 0 Å². The number of carbonyl (C=O) groups excluding carboxylic acids is 1. The van der Waals surface area contributed by atoms with Crippen LogP contribution in [0.2, 0.25) is 0 Å². The summed E-state index contributed by atoms with van der Waals surface area (Å²) < 4.78 is 33.1. The summed E-state index contributed by atoms with van der Waals surface area (Å²) in [6.07, 6.45) is 0.615. The first-order chi connectivity index (χ1) is 13.8. The molecule has 4 rings (SSSR count). The van der Waals surface area contributed by atoms with E-state index in [0.29, 0.717) is 12.3 Å². The van der Waals surface area contributed by atoms with Gasteiger partial charge in [-0.15, -0.1) is 0 Å². The molecule has 1 atom stereocenters. The van der Waals surface area contributed by atoms with Gasteiger partial charge in [0, 0.05) is 24.2 Å². The van der Waals surface area contributed by atoms with Gasteiger partial charge >= 0.3 is 0 Å². The van der Waals surface area contributed by atoms with E-state index in [2.05, 4.69) is 14.9 Å². The molecule has 1 unspecified atom stereocenters. The number of rotatable bonds is 5. The highest BCUT2D eigenvalue weighted by Crippen LogP contribution is 2.33. The van der Waals surface area contributed by atoms with Gasteiger partial charge in [0.1, 0.15) is 0 Å². The fraction of sp³-hybridized carbons (Fsp3) is 0.250. The topological polar surface area (TPSA) is 105 Å². The fourth-order valence-electron chi connectivity index (χ4n) is 3.52. The Labute approximate surface area is 168 Å². The van der Waals surface area contributed by atoms with Gasteiger partial charge in [-0.05, 0) is 49.2 Å². The van der Waals surface area contributed by atoms with Crippen molar-refractivity contribution in [2.75, 3.05) is 4.90 Å². The minimum atomic E-state index is -3.77. The summed E-state index contributed by atoms with van der Waals surface area (Å²) >= 11 is 0. The zero-order chi connectivity index (χ0) is 20.6. The SMILES string of the molecule is CC(=O)N1c2ccc(S(=O)(=O)NCc3noc(-c4ccccc4)n3)cc2CC1C. The molecule has 1 aromatic heterocycles. The van der Waals surface area contributed by atoms with Crippen molar-refractivity contribution in [3.05, 3.63) is 59.9 Å². The first kappa shape index (κ1) is 19.3. The molecule has 0 spiro atoms. The van der Waals surface area contributed by atoms with Gasteiger partial charge in [0.2, 0.25) is 15.9 Å². The number of aromatic nitrogens is 2. The van der Waals surface area contributed by atoms with Gasteiger partial charge in [-0.2, -0.15) is 4.98 Å². The number of sulfonamides is 1. The Kier molecular flexibility index (Phi) is 4.93. The van der Waals surface area contributed by atoms with E-state index in [1.807, 2.05) is 37.3 Å². The molecule has 0 aliphatic carbocycles. The molecule has 0 saturated carbocycles. The second-order valence-electron chi connectivity index (χ2n) is 6.94. The Morgan fingerprint density at radius 2 is 2.00 bits per heavy atom. The summed E-state index contributed by atoms with van der Waals surface area (Å²) in [7, 11) is -3.77. The van der Waals surface area contributed by atoms with Crippen molar-refractivity contribution >= 4 is 21.6 Å². The maximum Gasteiger partial charge on any atom is 0.257 e. The zero-order valence-corrected chi connectivity index (χ0v) is 16.8. The Morgan fingerprint density at radius 3 is 2.72 bits per heavy atom. The number of hydrogen-bond acceptors (Lipinski definition) is 6. The van der Waals surface area contributed by atoms with Crippen LogP contribution in [-0.4, -0.2) is 30.5 Å². The number of amides is 1. The minimum absolute atomic E-state index is 0.00384.